The van der Waals surface area contributed by atoms with Gasteiger partial charge in [0.05, 0.1) is 22.0 Å². The Labute approximate surface area is 212 Å². The van der Waals surface area contributed by atoms with E-state index in [4.69, 9.17) is 23.2 Å². The van der Waals surface area contributed by atoms with E-state index < -0.39 is 28.5 Å². The zero-order chi connectivity index (χ0) is 25.6. The summed E-state index contributed by atoms with van der Waals surface area (Å²) in [6, 6.07) is 11.1. The third-order valence-corrected chi connectivity index (χ3v) is 7.04. The van der Waals surface area contributed by atoms with Gasteiger partial charge in [-0.3, -0.25) is 13.9 Å². The second kappa shape index (κ2) is 11.9. The Kier molecular flexibility index (Phi) is 9.79. The SMILES string of the molecule is CC[C@H](C(=O)NC(C)C)N(Cc1ccc(C)cc1)C(=O)CN(c1ccc(Cl)c(Cl)c1)S(C)(=O)=O. The second-order valence-corrected chi connectivity index (χ2v) is 11.2. The van der Waals surface area contributed by atoms with Gasteiger partial charge in [0.25, 0.3) is 0 Å². The summed E-state index contributed by atoms with van der Waals surface area (Å²) in [5.74, 6) is -0.804. The maximum absolute atomic E-state index is 13.6. The van der Waals surface area contributed by atoms with E-state index in [0.717, 1.165) is 21.7 Å². The smallest absolute Gasteiger partial charge is 0.244 e. The fraction of sp³-hybridized carbons (Fsp3) is 0.417. The van der Waals surface area contributed by atoms with Crippen molar-refractivity contribution in [2.45, 2.75) is 52.7 Å². The highest BCUT2D eigenvalue weighted by molar-refractivity contribution is 7.92. The summed E-state index contributed by atoms with van der Waals surface area (Å²) in [7, 11) is -3.84. The third kappa shape index (κ3) is 7.61. The van der Waals surface area contributed by atoms with Crippen LogP contribution in [0.4, 0.5) is 5.69 Å². The third-order valence-electron chi connectivity index (χ3n) is 5.16. The molecule has 0 bridgehead atoms. The van der Waals surface area contributed by atoms with Crippen LogP contribution in [0.3, 0.4) is 0 Å². The largest absolute Gasteiger partial charge is 0.352 e. The van der Waals surface area contributed by atoms with Crippen molar-refractivity contribution in [1.29, 1.82) is 0 Å². The van der Waals surface area contributed by atoms with Crippen molar-refractivity contribution >= 4 is 50.7 Å². The van der Waals surface area contributed by atoms with E-state index in [1.807, 2.05) is 52.0 Å². The first kappa shape index (κ1) is 28.0. The predicted octanol–water partition coefficient (Wildman–Crippen LogP) is 4.40. The lowest BCUT2D eigenvalue weighted by Crippen LogP contribution is -2.53. The molecule has 34 heavy (non-hydrogen) atoms. The van der Waals surface area contributed by atoms with Crippen LogP contribution in [0.1, 0.15) is 38.3 Å². The van der Waals surface area contributed by atoms with E-state index in [2.05, 4.69) is 5.32 Å². The fourth-order valence-corrected chi connectivity index (χ4v) is 4.58. The first-order valence-corrected chi connectivity index (χ1v) is 13.5. The van der Waals surface area contributed by atoms with Crippen molar-refractivity contribution < 1.29 is 18.0 Å². The number of aryl methyl sites for hydroxylation is 1. The summed E-state index contributed by atoms with van der Waals surface area (Å²) in [6.07, 6.45) is 1.37. The van der Waals surface area contributed by atoms with Crippen LogP contribution in [0.5, 0.6) is 0 Å². The molecular weight excluding hydrogens is 497 g/mol. The summed E-state index contributed by atoms with van der Waals surface area (Å²) < 4.78 is 26.2. The summed E-state index contributed by atoms with van der Waals surface area (Å²) >= 11 is 12.1. The van der Waals surface area contributed by atoms with Gasteiger partial charge in [0.2, 0.25) is 21.8 Å². The highest BCUT2D eigenvalue weighted by Crippen LogP contribution is 2.28. The van der Waals surface area contributed by atoms with E-state index in [0.29, 0.717) is 6.42 Å². The van der Waals surface area contributed by atoms with Gasteiger partial charge in [0.15, 0.2) is 0 Å². The molecule has 0 saturated heterocycles. The van der Waals surface area contributed by atoms with Gasteiger partial charge < -0.3 is 10.2 Å². The molecule has 0 aliphatic heterocycles. The van der Waals surface area contributed by atoms with Crippen molar-refractivity contribution in [3.63, 3.8) is 0 Å². The van der Waals surface area contributed by atoms with Crippen LogP contribution in [-0.2, 0) is 26.2 Å². The summed E-state index contributed by atoms with van der Waals surface area (Å²) in [4.78, 5) is 27.9. The van der Waals surface area contributed by atoms with Crippen LogP contribution < -0.4 is 9.62 Å². The minimum Gasteiger partial charge on any atom is -0.352 e. The molecule has 2 amide bonds. The molecule has 2 aromatic carbocycles. The van der Waals surface area contributed by atoms with Gasteiger partial charge in [-0.05, 0) is 51.0 Å². The van der Waals surface area contributed by atoms with Gasteiger partial charge in [-0.2, -0.15) is 0 Å². The maximum atomic E-state index is 13.6. The quantitative estimate of drug-likeness (QED) is 0.495. The topological polar surface area (TPSA) is 86.8 Å². The van der Waals surface area contributed by atoms with Crippen LogP contribution in [-0.4, -0.2) is 50.0 Å². The molecule has 0 spiro atoms. The lowest BCUT2D eigenvalue weighted by molar-refractivity contribution is -0.140. The Balaban J connectivity index is 2.45. The Morgan fingerprint density at radius 1 is 1.03 bits per heavy atom. The lowest BCUT2D eigenvalue weighted by atomic mass is 10.1. The highest BCUT2D eigenvalue weighted by Gasteiger charge is 2.32. The van der Waals surface area contributed by atoms with Gasteiger partial charge in [0.1, 0.15) is 12.6 Å². The average molecular weight is 529 g/mol. The number of nitrogens with one attached hydrogen (secondary N) is 1. The molecule has 1 atom stereocenters. The van der Waals surface area contributed by atoms with Crippen molar-refractivity contribution in [3.05, 3.63) is 63.6 Å². The molecule has 0 aliphatic rings. The normalized spacial score (nSPS) is 12.4. The molecule has 0 heterocycles. The number of hydrogen-bond acceptors (Lipinski definition) is 4. The maximum Gasteiger partial charge on any atom is 0.244 e. The molecule has 10 heteroatoms. The van der Waals surface area contributed by atoms with Gasteiger partial charge >= 0.3 is 0 Å². The molecule has 2 rings (SSSR count). The van der Waals surface area contributed by atoms with E-state index in [1.54, 1.807) is 0 Å². The molecule has 0 fully saturated rings. The zero-order valence-electron chi connectivity index (χ0n) is 20.0. The van der Waals surface area contributed by atoms with Gasteiger partial charge in [-0.15, -0.1) is 0 Å². The number of halogens is 2. The molecule has 0 saturated carbocycles. The molecule has 0 aliphatic carbocycles. The molecule has 2 aromatic rings. The first-order chi connectivity index (χ1) is 15.8. The summed E-state index contributed by atoms with van der Waals surface area (Å²) in [5.41, 5.74) is 2.10. The van der Waals surface area contributed by atoms with Gasteiger partial charge in [0, 0.05) is 12.6 Å². The minimum atomic E-state index is -3.84. The molecule has 0 unspecified atom stereocenters. The van der Waals surface area contributed by atoms with Crippen LogP contribution in [0.15, 0.2) is 42.5 Å². The lowest BCUT2D eigenvalue weighted by Gasteiger charge is -2.33. The molecule has 0 aromatic heterocycles. The van der Waals surface area contributed by atoms with Crippen LogP contribution in [0.25, 0.3) is 0 Å². The Hall–Kier alpha value is -2.29. The molecule has 186 valence electrons. The molecule has 0 radical (unpaired) electrons. The number of benzene rings is 2. The number of amides is 2. The Bertz CT molecular complexity index is 1120. The number of carbonyl (C=O) groups excluding carboxylic acids is 2. The second-order valence-electron chi connectivity index (χ2n) is 8.46. The molecular formula is C24H31Cl2N3O4S. The molecule has 1 N–H and O–H groups in total. The average Bonchev–Trinajstić information content (AvgIpc) is 2.74. The monoisotopic (exact) mass is 527 g/mol. The summed E-state index contributed by atoms with van der Waals surface area (Å²) in [5, 5.41) is 3.29. The fourth-order valence-electron chi connectivity index (χ4n) is 3.44. The minimum absolute atomic E-state index is 0.110. The standard InChI is InChI=1S/C24H31Cl2N3O4S/c1-6-22(24(31)27-16(2)3)28(14-18-9-7-17(4)8-10-18)23(30)15-29(34(5,32)33)19-11-12-20(25)21(26)13-19/h7-13,16,22H,6,14-15H2,1-5H3,(H,27,31)/t22-/m1/s1. The van der Waals surface area contributed by atoms with Gasteiger partial charge in [-0.1, -0.05) is 60.0 Å². The van der Waals surface area contributed by atoms with E-state index in [9.17, 15) is 18.0 Å². The number of rotatable bonds is 10. The summed E-state index contributed by atoms with van der Waals surface area (Å²) in [6.45, 7) is 7.11. The number of carbonyl (C=O) groups is 2. The first-order valence-electron chi connectivity index (χ1n) is 10.9. The Morgan fingerprint density at radius 3 is 2.15 bits per heavy atom. The zero-order valence-corrected chi connectivity index (χ0v) is 22.3. The van der Waals surface area contributed by atoms with E-state index in [1.165, 1.54) is 23.1 Å². The van der Waals surface area contributed by atoms with Crippen molar-refractivity contribution in [3.8, 4) is 0 Å². The van der Waals surface area contributed by atoms with E-state index in [-0.39, 0.29) is 34.2 Å². The highest BCUT2D eigenvalue weighted by atomic mass is 35.5. The van der Waals surface area contributed by atoms with E-state index >= 15 is 0 Å². The van der Waals surface area contributed by atoms with Crippen LogP contribution in [0.2, 0.25) is 10.0 Å². The Morgan fingerprint density at radius 2 is 1.65 bits per heavy atom. The number of hydrogen-bond donors (Lipinski definition) is 1. The van der Waals surface area contributed by atoms with Crippen LogP contribution in [0, 0.1) is 6.92 Å². The number of sulfonamides is 1. The number of nitrogens with zero attached hydrogens (tertiary/aromatic N) is 2. The number of anilines is 1. The predicted molar refractivity (Wildman–Crippen MR) is 138 cm³/mol. The molecule has 7 nitrogen and oxygen atoms in total. The van der Waals surface area contributed by atoms with Gasteiger partial charge in [-0.25, -0.2) is 8.42 Å². The van der Waals surface area contributed by atoms with Crippen molar-refractivity contribution in [2.75, 3.05) is 17.1 Å². The van der Waals surface area contributed by atoms with Crippen molar-refractivity contribution in [2.24, 2.45) is 0 Å². The van der Waals surface area contributed by atoms with Crippen LogP contribution >= 0.6 is 23.2 Å². The van der Waals surface area contributed by atoms with Crippen molar-refractivity contribution in [1.82, 2.24) is 10.2 Å².